The molecule has 2 aromatic rings. The van der Waals surface area contributed by atoms with E-state index in [1.165, 1.54) is 12.3 Å². The predicted molar refractivity (Wildman–Crippen MR) is 65.9 cm³/mol. The first kappa shape index (κ1) is 13.6. The molecular formula is C12H8F3N5. The number of hydrogen-bond donors (Lipinski definition) is 2. The van der Waals surface area contributed by atoms with Crippen LogP contribution in [0.15, 0.2) is 30.5 Å². The van der Waals surface area contributed by atoms with E-state index in [0.29, 0.717) is 0 Å². The van der Waals surface area contributed by atoms with Crippen LogP contribution in [-0.4, -0.2) is 9.97 Å². The van der Waals surface area contributed by atoms with Crippen molar-refractivity contribution in [2.24, 2.45) is 0 Å². The molecule has 0 saturated heterocycles. The molecule has 1 aromatic carbocycles. The molecule has 0 spiro atoms. The molecule has 1 aromatic heterocycles. The van der Waals surface area contributed by atoms with Crippen molar-refractivity contribution in [3.05, 3.63) is 41.6 Å². The summed E-state index contributed by atoms with van der Waals surface area (Å²) in [7, 11) is 0. The van der Waals surface area contributed by atoms with E-state index in [4.69, 9.17) is 11.0 Å². The number of nitriles is 1. The molecule has 0 saturated carbocycles. The second kappa shape index (κ2) is 5.05. The molecule has 0 aliphatic carbocycles. The second-order valence-electron chi connectivity index (χ2n) is 3.80. The monoisotopic (exact) mass is 279 g/mol. The van der Waals surface area contributed by atoms with Crippen molar-refractivity contribution >= 4 is 17.5 Å². The molecule has 0 unspecified atom stereocenters. The van der Waals surface area contributed by atoms with Crippen LogP contribution >= 0.6 is 0 Å². The van der Waals surface area contributed by atoms with Crippen LogP contribution in [0.2, 0.25) is 0 Å². The average molecular weight is 279 g/mol. The Morgan fingerprint density at radius 3 is 2.60 bits per heavy atom. The lowest BCUT2D eigenvalue weighted by molar-refractivity contribution is -0.137. The van der Waals surface area contributed by atoms with Gasteiger partial charge in [-0.2, -0.15) is 23.4 Å². The largest absolute Gasteiger partial charge is 0.416 e. The summed E-state index contributed by atoms with van der Waals surface area (Å²) in [6.07, 6.45) is -3.11. The molecule has 8 heteroatoms. The van der Waals surface area contributed by atoms with Gasteiger partial charge in [0.2, 0.25) is 5.95 Å². The van der Waals surface area contributed by atoms with Gasteiger partial charge in [0.05, 0.1) is 16.8 Å². The molecule has 5 nitrogen and oxygen atoms in total. The van der Waals surface area contributed by atoms with Crippen molar-refractivity contribution in [3.8, 4) is 6.07 Å². The van der Waals surface area contributed by atoms with Crippen molar-refractivity contribution in [1.82, 2.24) is 9.97 Å². The van der Waals surface area contributed by atoms with Gasteiger partial charge >= 0.3 is 6.18 Å². The number of nitrogens with two attached hydrogens (primary N) is 1. The predicted octanol–water partition coefficient (Wildman–Crippen LogP) is 2.69. The summed E-state index contributed by atoms with van der Waals surface area (Å²) >= 11 is 0. The summed E-state index contributed by atoms with van der Waals surface area (Å²) in [6.45, 7) is 0. The lowest BCUT2D eigenvalue weighted by Crippen LogP contribution is -2.07. The molecule has 0 aliphatic rings. The van der Waals surface area contributed by atoms with E-state index in [2.05, 4.69) is 15.3 Å². The Kier molecular flexibility index (Phi) is 3.43. The third kappa shape index (κ3) is 2.95. The maximum atomic E-state index is 12.5. The van der Waals surface area contributed by atoms with E-state index < -0.39 is 11.7 Å². The lowest BCUT2D eigenvalue weighted by Gasteiger charge is -2.10. The van der Waals surface area contributed by atoms with Crippen LogP contribution in [0.3, 0.4) is 0 Å². The van der Waals surface area contributed by atoms with Crippen LogP contribution in [-0.2, 0) is 6.18 Å². The number of hydrogen-bond acceptors (Lipinski definition) is 5. The minimum absolute atomic E-state index is 0.0984. The lowest BCUT2D eigenvalue weighted by atomic mass is 10.1. The minimum Gasteiger partial charge on any atom is -0.384 e. The standard InChI is InChI=1S/C12H8F3N5/c13-12(14,15)8-1-2-9(7(5-8)6-16)19-11-18-4-3-10(17)20-11/h1-5H,(H3,17,18,19,20). The van der Waals surface area contributed by atoms with Crippen LogP contribution in [0, 0.1) is 11.3 Å². The highest BCUT2D eigenvalue weighted by atomic mass is 19.4. The summed E-state index contributed by atoms with van der Waals surface area (Å²) in [4.78, 5) is 7.69. The Bertz CT molecular complexity index is 676. The Balaban J connectivity index is 2.36. The Morgan fingerprint density at radius 2 is 2.00 bits per heavy atom. The normalized spacial score (nSPS) is 10.9. The Morgan fingerprint density at radius 1 is 1.25 bits per heavy atom. The van der Waals surface area contributed by atoms with Gasteiger partial charge in [0.25, 0.3) is 0 Å². The first-order valence-electron chi connectivity index (χ1n) is 5.37. The van der Waals surface area contributed by atoms with E-state index in [9.17, 15) is 13.2 Å². The number of nitrogens with zero attached hydrogens (tertiary/aromatic N) is 3. The smallest absolute Gasteiger partial charge is 0.384 e. The van der Waals surface area contributed by atoms with Gasteiger partial charge in [-0.3, -0.25) is 0 Å². The second-order valence-corrected chi connectivity index (χ2v) is 3.80. The Hall–Kier alpha value is -2.82. The molecule has 0 radical (unpaired) electrons. The van der Waals surface area contributed by atoms with Gasteiger partial charge < -0.3 is 11.1 Å². The van der Waals surface area contributed by atoms with Crippen LogP contribution < -0.4 is 11.1 Å². The van der Waals surface area contributed by atoms with E-state index in [1.54, 1.807) is 6.07 Å². The first-order valence-corrected chi connectivity index (χ1v) is 5.37. The summed E-state index contributed by atoms with van der Waals surface area (Å²) in [6, 6.07) is 5.93. The number of halogens is 3. The van der Waals surface area contributed by atoms with Gasteiger partial charge in [-0.05, 0) is 24.3 Å². The highest BCUT2D eigenvalue weighted by Gasteiger charge is 2.31. The number of nitrogen functional groups attached to an aromatic ring is 1. The highest BCUT2D eigenvalue weighted by molar-refractivity contribution is 5.64. The first-order chi connectivity index (χ1) is 9.40. The maximum absolute atomic E-state index is 12.5. The number of alkyl halides is 3. The SMILES string of the molecule is N#Cc1cc(C(F)(F)F)ccc1Nc1nccc(N)n1. The molecule has 3 N–H and O–H groups in total. The van der Waals surface area contributed by atoms with E-state index in [-0.39, 0.29) is 23.0 Å². The number of nitrogens with one attached hydrogen (secondary N) is 1. The number of benzene rings is 1. The summed E-state index contributed by atoms with van der Waals surface area (Å²) in [5.74, 6) is 0.300. The maximum Gasteiger partial charge on any atom is 0.416 e. The molecule has 2 rings (SSSR count). The molecule has 20 heavy (non-hydrogen) atoms. The third-order valence-corrected chi connectivity index (χ3v) is 2.39. The summed E-state index contributed by atoms with van der Waals surface area (Å²) < 4.78 is 37.6. The summed E-state index contributed by atoms with van der Waals surface area (Å²) in [5.41, 5.74) is 4.57. The molecule has 0 aliphatic heterocycles. The molecule has 0 amide bonds. The summed E-state index contributed by atoms with van der Waals surface area (Å²) in [5, 5.41) is 11.6. The fourth-order valence-corrected chi connectivity index (χ4v) is 1.48. The van der Waals surface area contributed by atoms with Gasteiger partial charge in [0, 0.05) is 6.20 Å². The van der Waals surface area contributed by atoms with Crippen molar-refractivity contribution in [2.75, 3.05) is 11.1 Å². The highest BCUT2D eigenvalue weighted by Crippen LogP contribution is 2.32. The van der Waals surface area contributed by atoms with E-state index >= 15 is 0 Å². The van der Waals surface area contributed by atoms with E-state index in [1.807, 2.05) is 0 Å². The number of aromatic nitrogens is 2. The molecule has 0 fully saturated rings. The van der Waals surface area contributed by atoms with Gasteiger partial charge in [-0.1, -0.05) is 0 Å². The minimum atomic E-state index is -4.50. The quantitative estimate of drug-likeness (QED) is 0.882. The van der Waals surface area contributed by atoms with Gasteiger partial charge in [-0.25, -0.2) is 4.98 Å². The number of anilines is 3. The van der Waals surface area contributed by atoms with Crippen LogP contribution in [0.4, 0.5) is 30.6 Å². The van der Waals surface area contributed by atoms with Gasteiger partial charge in [0.15, 0.2) is 0 Å². The molecule has 102 valence electrons. The van der Waals surface area contributed by atoms with Crippen molar-refractivity contribution in [1.29, 1.82) is 5.26 Å². The van der Waals surface area contributed by atoms with Gasteiger partial charge in [0.1, 0.15) is 11.9 Å². The molecule has 0 atom stereocenters. The zero-order valence-corrected chi connectivity index (χ0v) is 9.94. The van der Waals surface area contributed by atoms with Crippen LogP contribution in [0.1, 0.15) is 11.1 Å². The average Bonchev–Trinajstić information content (AvgIpc) is 2.38. The van der Waals surface area contributed by atoms with Crippen molar-refractivity contribution in [2.45, 2.75) is 6.18 Å². The molecule has 1 heterocycles. The van der Waals surface area contributed by atoms with Crippen molar-refractivity contribution < 1.29 is 13.2 Å². The van der Waals surface area contributed by atoms with Crippen molar-refractivity contribution in [3.63, 3.8) is 0 Å². The van der Waals surface area contributed by atoms with Crippen LogP contribution in [0.5, 0.6) is 0 Å². The zero-order chi connectivity index (χ0) is 14.8. The van der Waals surface area contributed by atoms with Gasteiger partial charge in [-0.15, -0.1) is 0 Å². The zero-order valence-electron chi connectivity index (χ0n) is 9.94. The fourth-order valence-electron chi connectivity index (χ4n) is 1.48. The topological polar surface area (TPSA) is 87.6 Å². The fraction of sp³-hybridized carbons (Fsp3) is 0.0833. The van der Waals surface area contributed by atoms with E-state index in [0.717, 1.165) is 18.2 Å². The number of rotatable bonds is 2. The third-order valence-electron chi connectivity index (χ3n) is 2.39. The molecular weight excluding hydrogens is 271 g/mol. The Labute approximate surface area is 111 Å². The molecule has 0 bridgehead atoms. The van der Waals surface area contributed by atoms with Crippen LogP contribution in [0.25, 0.3) is 0 Å².